The number of nitrogens with one attached hydrogen (secondary N) is 1. The molecule has 0 radical (unpaired) electrons. The average Bonchev–Trinajstić information content (AvgIpc) is 3.07. The molecule has 1 N–H and O–H groups in total. The largest absolute Gasteiger partial charge is 0.354 e. The van der Waals surface area contributed by atoms with Crippen molar-refractivity contribution < 1.29 is 4.52 Å². The van der Waals surface area contributed by atoms with Crippen LogP contribution in [0.3, 0.4) is 0 Å². The summed E-state index contributed by atoms with van der Waals surface area (Å²) in [4.78, 5) is 30.8. The lowest BCUT2D eigenvalue weighted by Crippen LogP contribution is -2.52. The Morgan fingerprint density at radius 3 is 2.79 bits per heavy atom. The summed E-state index contributed by atoms with van der Waals surface area (Å²) in [6.07, 6.45) is 1.42. The first-order chi connectivity index (χ1) is 13.9. The maximum Gasteiger partial charge on any atom is 0.334 e. The van der Waals surface area contributed by atoms with Gasteiger partial charge < -0.3 is 9.42 Å². The molecule has 3 aromatic rings. The lowest BCUT2D eigenvalue weighted by Gasteiger charge is -2.40. The number of H-pyrrole nitrogens is 1. The molecule has 1 atom stereocenters. The molecule has 0 saturated carbocycles. The van der Waals surface area contributed by atoms with Crippen LogP contribution in [-0.4, -0.2) is 56.7 Å². The van der Waals surface area contributed by atoms with Crippen molar-refractivity contribution in [2.75, 3.05) is 26.2 Å². The van der Waals surface area contributed by atoms with Gasteiger partial charge in [0.05, 0.1) is 5.39 Å². The Bertz CT molecular complexity index is 1110. The third-order valence-electron chi connectivity index (χ3n) is 5.43. The Morgan fingerprint density at radius 2 is 2.07 bits per heavy atom. The molecule has 1 unspecified atom stereocenters. The predicted molar refractivity (Wildman–Crippen MR) is 111 cm³/mol. The Hall–Kier alpha value is -2.71. The number of aromatic amines is 1. The van der Waals surface area contributed by atoms with Crippen LogP contribution in [0.1, 0.15) is 26.3 Å². The molecule has 1 aromatic carbocycles. The summed E-state index contributed by atoms with van der Waals surface area (Å²) in [5.74, 6) is 1.07. The number of fused-ring (bicyclic) bond motifs is 1. The number of aromatic nitrogens is 3. The second kappa shape index (κ2) is 7.96. The maximum absolute atomic E-state index is 12.1. The van der Waals surface area contributed by atoms with Gasteiger partial charge in [0.25, 0.3) is 5.56 Å². The number of hydrogen-bond acceptors (Lipinski definition) is 6. The van der Waals surface area contributed by atoms with Crippen molar-refractivity contribution in [3.8, 4) is 5.82 Å². The summed E-state index contributed by atoms with van der Waals surface area (Å²) < 4.78 is 6.68. The minimum Gasteiger partial charge on any atom is -0.354 e. The topological polar surface area (TPSA) is 87.4 Å². The number of piperazine rings is 1. The lowest BCUT2D eigenvalue weighted by atomic mass is 10.1. The number of hydrogen-bond donors (Lipinski definition) is 1. The van der Waals surface area contributed by atoms with Gasteiger partial charge >= 0.3 is 5.69 Å². The number of benzene rings is 1. The highest BCUT2D eigenvalue weighted by Crippen LogP contribution is 2.24. The molecule has 154 valence electrons. The highest BCUT2D eigenvalue weighted by molar-refractivity contribution is 5.84. The van der Waals surface area contributed by atoms with Gasteiger partial charge in [-0.3, -0.25) is 14.7 Å². The molecule has 1 saturated heterocycles. The van der Waals surface area contributed by atoms with E-state index in [2.05, 4.69) is 40.7 Å². The second-order valence-electron chi connectivity index (χ2n) is 8.29. The monoisotopic (exact) mass is 397 g/mol. The minimum atomic E-state index is -0.534. The van der Waals surface area contributed by atoms with Gasteiger partial charge in [0.2, 0.25) is 0 Å². The van der Waals surface area contributed by atoms with E-state index in [1.54, 1.807) is 0 Å². The standard InChI is InChI=1S/C21H27N5O3/c1-14(2)11-24-8-9-25(15(3)12-24)13-16-4-5-18-17(10-16)20(23-29-18)26-7-6-19(27)22-21(26)28/h4-7,10,14-15H,8-9,11-13H2,1-3H3,(H,22,27,28). The van der Waals surface area contributed by atoms with E-state index in [9.17, 15) is 9.59 Å². The highest BCUT2D eigenvalue weighted by Gasteiger charge is 2.24. The highest BCUT2D eigenvalue weighted by atomic mass is 16.5. The Morgan fingerprint density at radius 1 is 1.24 bits per heavy atom. The lowest BCUT2D eigenvalue weighted by molar-refractivity contribution is 0.0708. The molecule has 4 rings (SSSR count). The van der Waals surface area contributed by atoms with E-state index in [0.717, 1.165) is 43.7 Å². The summed E-state index contributed by atoms with van der Waals surface area (Å²) in [6, 6.07) is 7.72. The summed E-state index contributed by atoms with van der Waals surface area (Å²) in [5.41, 5.74) is 0.776. The first kappa shape index (κ1) is 19.6. The summed E-state index contributed by atoms with van der Waals surface area (Å²) in [5, 5.41) is 4.79. The molecule has 3 heterocycles. The summed E-state index contributed by atoms with van der Waals surface area (Å²) >= 11 is 0. The third kappa shape index (κ3) is 4.18. The molecule has 8 nitrogen and oxygen atoms in total. The smallest absolute Gasteiger partial charge is 0.334 e. The van der Waals surface area contributed by atoms with Gasteiger partial charge in [-0.25, -0.2) is 9.36 Å². The van der Waals surface area contributed by atoms with Crippen LogP contribution < -0.4 is 11.2 Å². The Labute approximate surface area is 168 Å². The number of rotatable bonds is 5. The van der Waals surface area contributed by atoms with Crippen molar-refractivity contribution in [3.63, 3.8) is 0 Å². The zero-order chi connectivity index (χ0) is 20.5. The molecule has 0 bridgehead atoms. The zero-order valence-electron chi connectivity index (χ0n) is 17.1. The van der Waals surface area contributed by atoms with Crippen LogP contribution in [0.5, 0.6) is 0 Å². The van der Waals surface area contributed by atoms with Crippen molar-refractivity contribution in [3.05, 3.63) is 56.9 Å². The molecule has 0 amide bonds. The summed E-state index contributed by atoms with van der Waals surface area (Å²) in [6.45, 7) is 12.0. The van der Waals surface area contributed by atoms with Gasteiger partial charge in [0, 0.05) is 51.0 Å². The first-order valence-electron chi connectivity index (χ1n) is 10.1. The van der Waals surface area contributed by atoms with Gasteiger partial charge in [0.1, 0.15) is 0 Å². The van der Waals surface area contributed by atoms with Crippen molar-refractivity contribution in [1.29, 1.82) is 0 Å². The van der Waals surface area contributed by atoms with E-state index < -0.39 is 11.2 Å². The fourth-order valence-electron chi connectivity index (χ4n) is 4.05. The maximum atomic E-state index is 12.1. The molecule has 8 heteroatoms. The Balaban J connectivity index is 1.57. The zero-order valence-corrected chi connectivity index (χ0v) is 17.1. The van der Waals surface area contributed by atoms with Crippen LogP contribution in [0, 0.1) is 5.92 Å². The fraction of sp³-hybridized carbons (Fsp3) is 0.476. The van der Waals surface area contributed by atoms with Gasteiger partial charge in [-0.05, 0) is 30.5 Å². The van der Waals surface area contributed by atoms with Crippen molar-refractivity contribution >= 4 is 11.0 Å². The van der Waals surface area contributed by atoms with Gasteiger partial charge in [-0.2, -0.15) is 0 Å². The molecule has 1 fully saturated rings. The van der Waals surface area contributed by atoms with Gasteiger partial charge in [0.15, 0.2) is 11.4 Å². The van der Waals surface area contributed by atoms with Crippen LogP contribution >= 0.6 is 0 Å². The summed E-state index contributed by atoms with van der Waals surface area (Å²) in [7, 11) is 0. The molecule has 0 spiro atoms. The molecule has 1 aliphatic rings. The molecular formula is C21H27N5O3. The van der Waals surface area contributed by atoms with E-state index in [4.69, 9.17) is 4.52 Å². The van der Waals surface area contributed by atoms with Gasteiger partial charge in [-0.1, -0.05) is 25.1 Å². The second-order valence-corrected chi connectivity index (χ2v) is 8.29. The van der Waals surface area contributed by atoms with Crippen molar-refractivity contribution in [2.24, 2.45) is 5.92 Å². The van der Waals surface area contributed by atoms with E-state index in [1.807, 2.05) is 18.2 Å². The fourth-order valence-corrected chi connectivity index (χ4v) is 4.05. The van der Waals surface area contributed by atoms with E-state index in [-0.39, 0.29) is 0 Å². The first-order valence-corrected chi connectivity index (χ1v) is 10.1. The molecular weight excluding hydrogens is 370 g/mol. The average molecular weight is 397 g/mol. The van der Waals surface area contributed by atoms with Crippen LogP contribution in [0.15, 0.2) is 44.6 Å². The number of nitrogens with zero attached hydrogens (tertiary/aromatic N) is 4. The Kier molecular flexibility index (Phi) is 5.38. The van der Waals surface area contributed by atoms with Crippen LogP contribution in [0.2, 0.25) is 0 Å². The van der Waals surface area contributed by atoms with E-state index >= 15 is 0 Å². The van der Waals surface area contributed by atoms with Crippen LogP contribution in [-0.2, 0) is 6.54 Å². The van der Waals surface area contributed by atoms with Crippen molar-refractivity contribution in [1.82, 2.24) is 24.5 Å². The molecule has 1 aliphatic heterocycles. The molecule has 2 aromatic heterocycles. The normalized spacial score (nSPS) is 18.7. The van der Waals surface area contributed by atoms with E-state index in [0.29, 0.717) is 23.4 Å². The third-order valence-corrected chi connectivity index (χ3v) is 5.43. The van der Waals surface area contributed by atoms with Crippen LogP contribution in [0.4, 0.5) is 0 Å². The molecule has 0 aliphatic carbocycles. The van der Waals surface area contributed by atoms with E-state index in [1.165, 1.54) is 16.8 Å². The SMILES string of the molecule is CC(C)CN1CCN(Cc2ccc3onc(-n4ccc(=O)[nH]c4=O)c3c2)C(C)C1. The quantitative estimate of drug-likeness (QED) is 0.707. The van der Waals surface area contributed by atoms with Crippen molar-refractivity contribution in [2.45, 2.75) is 33.4 Å². The van der Waals surface area contributed by atoms with Crippen LogP contribution in [0.25, 0.3) is 16.8 Å². The van der Waals surface area contributed by atoms with Gasteiger partial charge in [-0.15, -0.1) is 0 Å². The predicted octanol–water partition coefficient (Wildman–Crippen LogP) is 1.83. The minimum absolute atomic E-state index is 0.387. The molecule has 29 heavy (non-hydrogen) atoms.